The van der Waals surface area contributed by atoms with Crippen LogP contribution in [0.15, 0.2) is 53.6 Å². The Hall–Kier alpha value is -2.77. The van der Waals surface area contributed by atoms with E-state index in [4.69, 9.17) is 11.6 Å². The monoisotopic (exact) mass is 398 g/mol. The normalized spacial score (nSPS) is 14.3. The molecule has 0 saturated heterocycles. The van der Waals surface area contributed by atoms with Crippen molar-refractivity contribution in [2.45, 2.75) is 19.4 Å². The number of carbonyl (C=O) groups excluding carboxylic acids is 2. The van der Waals surface area contributed by atoms with Crippen molar-refractivity contribution in [1.29, 1.82) is 0 Å². The van der Waals surface area contributed by atoms with Gasteiger partial charge in [-0.05, 0) is 23.8 Å². The van der Waals surface area contributed by atoms with Gasteiger partial charge in [-0.3, -0.25) is 14.9 Å². The molecule has 27 heavy (non-hydrogen) atoms. The molecule has 2 aromatic carbocycles. The summed E-state index contributed by atoms with van der Waals surface area (Å²) in [6, 6.07) is 14.9. The van der Waals surface area contributed by atoms with Crippen LogP contribution in [0.5, 0.6) is 0 Å². The van der Waals surface area contributed by atoms with Crippen LogP contribution < -0.4 is 5.32 Å². The maximum Gasteiger partial charge on any atom is 0.273 e. The molecule has 0 radical (unpaired) electrons. The molecule has 3 aromatic rings. The number of fused-ring (bicyclic) bond motifs is 1. The average molecular weight is 399 g/mol. The lowest BCUT2D eigenvalue weighted by Gasteiger charge is -2.23. The van der Waals surface area contributed by atoms with Crippen LogP contribution in [0.4, 0.5) is 5.13 Å². The highest BCUT2D eigenvalue weighted by atomic mass is 35.5. The van der Waals surface area contributed by atoms with Crippen LogP contribution in [-0.4, -0.2) is 27.5 Å². The largest absolute Gasteiger partial charge is 0.297 e. The zero-order valence-electron chi connectivity index (χ0n) is 14.2. The van der Waals surface area contributed by atoms with Gasteiger partial charge in [-0.25, -0.2) is 9.99 Å². The number of halogens is 1. The Kier molecular flexibility index (Phi) is 4.87. The van der Waals surface area contributed by atoms with Crippen molar-refractivity contribution >= 4 is 55.8 Å². The van der Waals surface area contributed by atoms with E-state index >= 15 is 0 Å². The molecule has 6 nitrogen and oxygen atoms in total. The van der Waals surface area contributed by atoms with Gasteiger partial charge in [-0.2, -0.15) is 5.10 Å². The minimum Gasteiger partial charge on any atom is -0.297 e. The lowest BCUT2D eigenvalue weighted by atomic mass is 10.1. The van der Waals surface area contributed by atoms with Crippen LogP contribution in [0.2, 0.25) is 5.02 Å². The number of benzene rings is 2. The molecular formula is C19H15ClN4O2S. The fourth-order valence-corrected chi connectivity index (χ4v) is 3.90. The summed E-state index contributed by atoms with van der Waals surface area (Å²) in [4.78, 5) is 29.1. The van der Waals surface area contributed by atoms with Crippen molar-refractivity contribution in [1.82, 2.24) is 9.99 Å². The summed E-state index contributed by atoms with van der Waals surface area (Å²) in [6.07, 6.45) is 0.571. The molecule has 1 aliphatic heterocycles. The molecule has 0 spiro atoms. The molecule has 2 heterocycles. The summed E-state index contributed by atoms with van der Waals surface area (Å²) in [5.41, 5.74) is 2.05. The summed E-state index contributed by atoms with van der Waals surface area (Å²) in [7, 11) is 0. The minimum atomic E-state index is -0.342. The Morgan fingerprint density at radius 3 is 2.81 bits per heavy atom. The van der Waals surface area contributed by atoms with E-state index in [2.05, 4.69) is 15.4 Å². The predicted molar refractivity (Wildman–Crippen MR) is 107 cm³/mol. The summed E-state index contributed by atoms with van der Waals surface area (Å²) in [5, 5.41) is 9.50. The van der Waals surface area contributed by atoms with Crippen LogP contribution in [0, 0.1) is 0 Å². The van der Waals surface area contributed by atoms with E-state index in [1.807, 2.05) is 42.5 Å². The number of nitrogens with zero attached hydrogens (tertiary/aromatic N) is 3. The number of hydrazone groups is 1. The van der Waals surface area contributed by atoms with E-state index in [1.165, 1.54) is 16.3 Å². The summed E-state index contributed by atoms with van der Waals surface area (Å²) in [6.45, 7) is 0.343. The van der Waals surface area contributed by atoms with Crippen molar-refractivity contribution < 1.29 is 9.59 Å². The van der Waals surface area contributed by atoms with Crippen LogP contribution in [0.1, 0.15) is 18.4 Å². The van der Waals surface area contributed by atoms with Gasteiger partial charge in [0.15, 0.2) is 5.13 Å². The lowest BCUT2D eigenvalue weighted by molar-refractivity contribution is -0.132. The molecule has 1 aliphatic rings. The molecule has 0 fully saturated rings. The molecular weight excluding hydrogens is 384 g/mol. The maximum absolute atomic E-state index is 12.6. The van der Waals surface area contributed by atoms with E-state index in [0.717, 1.165) is 15.8 Å². The molecule has 1 N–H and O–H groups in total. The molecule has 8 heteroatoms. The van der Waals surface area contributed by atoms with E-state index in [9.17, 15) is 9.59 Å². The Labute approximate surface area is 164 Å². The highest BCUT2D eigenvalue weighted by Crippen LogP contribution is 2.28. The van der Waals surface area contributed by atoms with Gasteiger partial charge in [-0.1, -0.05) is 53.3 Å². The third-order valence-corrected chi connectivity index (χ3v) is 5.28. The first-order valence-electron chi connectivity index (χ1n) is 8.38. The van der Waals surface area contributed by atoms with Crippen LogP contribution >= 0.6 is 22.9 Å². The topological polar surface area (TPSA) is 74.7 Å². The first kappa shape index (κ1) is 17.6. The van der Waals surface area contributed by atoms with Crippen LogP contribution in [0.3, 0.4) is 0 Å². The van der Waals surface area contributed by atoms with Crippen LogP contribution in [-0.2, 0) is 16.1 Å². The summed E-state index contributed by atoms with van der Waals surface area (Å²) >= 11 is 7.33. The fraction of sp³-hybridized carbons (Fsp3) is 0.158. The van der Waals surface area contributed by atoms with E-state index in [1.54, 1.807) is 6.07 Å². The molecule has 0 bridgehead atoms. The number of nitrogens with one attached hydrogen (secondary N) is 1. The second-order valence-electron chi connectivity index (χ2n) is 6.07. The third-order valence-electron chi connectivity index (χ3n) is 4.11. The van der Waals surface area contributed by atoms with Gasteiger partial charge in [-0.15, -0.1) is 0 Å². The van der Waals surface area contributed by atoms with Crippen molar-refractivity contribution in [2.24, 2.45) is 5.10 Å². The lowest BCUT2D eigenvalue weighted by Crippen LogP contribution is -2.35. The van der Waals surface area contributed by atoms with Crippen molar-refractivity contribution in [3.63, 3.8) is 0 Å². The van der Waals surface area contributed by atoms with Gasteiger partial charge < -0.3 is 0 Å². The first-order chi connectivity index (χ1) is 13.1. The van der Waals surface area contributed by atoms with Gasteiger partial charge in [0.1, 0.15) is 5.71 Å². The first-order valence-corrected chi connectivity index (χ1v) is 9.57. The van der Waals surface area contributed by atoms with E-state index in [-0.39, 0.29) is 18.2 Å². The second kappa shape index (κ2) is 7.46. The zero-order valence-corrected chi connectivity index (χ0v) is 15.8. The Morgan fingerprint density at radius 2 is 2.00 bits per heavy atom. The maximum atomic E-state index is 12.6. The van der Waals surface area contributed by atoms with E-state index in [0.29, 0.717) is 28.8 Å². The molecule has 1 aromatic heterocycles. The molecule has 0 atom stereocenters. The third kappa shape index (κ3) is 3.99. The number of rotatable bonds is 4. The average Bonchev–Trinajstić information content (AvgIpc) is 3.05. The predicted octanol–water partition coefficient (Wildman–Crippen LogP) is 4.07. The second-order valence-corrected chi connectivity index (χ2v) is 7.54. The molecule has 0 saturated carbocycles. The fourth-order valence-electron chi connectivity index (χ4n) is 2.77. The molecule has 4 rings (SSSR count). The van der Waals surface area contributed by atoms with Crippen molar-refractivity contribution in [3.8, 4) is 0 Å². The van der Waals surface area contributed by atoms with Crippen LogP contribution in [0.25, 0.3) is 10.2 Å². The van der Waals surface area contributed by atoms with Gasteiger partial charge in [0.25, 0.3) is 5.91 Å². The van der Waals surface area contributed by atoms with Gasteiger partial charge >= 0.3 is 0 Å². The van der Waals surface area contributed by atoms with E-state index < -0.39 is 0 Å². The number of hydrogen-bond donors (Lipinski definition) is 1. The Morgan fingerprint density at radius 1 is 1.19 bits per heavy atom. The number of anilines is 1. The highest BCUT2D eigenvalue weighted by molar-refractivity contribution is 7.22. The SMILES string of the molecule is O=C(Nc1nc2ccc(Cl)cc2s1)C1=NN(Cc2ccccc2)C(=O)CC1. The quantitative estimate of drug-likeness (QED) is 0.719. The van der Waals surface area contributed by atoms with Gasteiger partial charge in [0.05, 0.1) is 16.8 Å². The molecule has 136 valence electrons. The standard InChI is InChI=1S/C19H15ClN4O2S/c20-13-6-7-14-16(10-13)27-19(21-14)22-18(26)15-8-9-17(25)24(23-15)11-12-4-2-1-3-5-12/h1-7,10H,8-9,11H2,(H,21,22,26). The number of carbonyl (C=O) groups is 2. The summed E-state index contributed by atoms with van der Waals surface area (Å²) < 4.78 is 0.893. The van der Waals surface area contributed by atoms with Gasteiger partial charge in [0, 0.05) is 17.9 Å². The zero-order chi connectivity index (χ0) is 18.8. The number of aromatic nitrogens is 1. The summed E-state index contributed by atoms with van der Waals surface area (Å²) in [5.74, 6) is -0.434. The Balaban J connectivity index is 1.51. The molecule has 2 amide bonds. The Bertz CT molecular complexity index is 1050. The van der Waals surface area contributed by atoms with Crippen molar-refractivity contribution in [3.05, 3.63) is 59.1 Å². The smallest absolute Gasteiger partial charge is 0.273 e. The van der Waals surface area contributed by atoms with Crippen molar-refractivity contribution in [2.75, 3.05) is 5.32 Å². The minimum absolute atomic E-state index is 0.0926. The number of hydrogen-bond acceptors (Lipinski definition) is 5. The number of amides is 2. The van der Waals surface area contributed by atoms with Gasteiger partial charge in [0.2, 0.25) is 5.91 Å². The number of thiazole rings is 1. The molecule has 0 unspecified atom stereocenters. The molecule has 0 aliphatic carbocycles. The highest BCUT2D eigenvalue weighted by Gasteiger charge is 2.25.